The standard InChI is InChI=1S/C62H45N5/c1-41-29-33-52(42(2)37-41)54-34-32-49(40-56(54)53-27-14-15-28-55(53)58-36-35-57(44-18-6-3-7-19-44)63-59(64-58)45-20-8-4-9-21-45)48-25-16-26-50(39-48)61-65-60(46-22-10-5-11-23-46)66-62(67-61)51-31-30-43-17-12-13-24-47(43)38-51/h3-34,36-40H,35H2,1-2H3. The van der Waals surface area contributed by atoms with Gasteiger partial charge in [0, 0.05) is 34.2 Å². The Bertz CT molecular complexity index is 3550. The molecule has 0 fully saturated rings. The molecule has 0 unspecified atom stereocenters. The predicted octanol–water partition coefficient (Wildman–Crippen LogP) is 15.3. The van der Waals surface area contributed by atoms with Gasteiger partial charge in [0.05, 0.1) is 11.4 Å². The molecule has 0 aliphatic carbocycles. The summed E-state index contributed by atoms with van der Waals surface area (Å²) in [4.78, 5) is 25.9. The van der Waals surface area contributed by atoms with Crippen molar-refractivity contribution in [3.63, 3.8) is 0 Å². The minimum absolute atomic E-state index is 0.612. The van der Waals surface area contributed by atoms with Crippen LogP contribution in [0.1, 0.15) is 34.2 Å². The van der Waals surface area contributed by atoms with Crippen LogP contribution in [-0.2, 0) is 0 Å². The smallest absolute Gasteiger partial charge is 0.164 e. The van der Waals surface area contributed by atoms with Gasteiger partial charge in [0.1, 0.15) is 0 Å². The van der Waals surface area contributed by atoms with Gasteiger partial charge in [0.15, 0.2) is 23.3 Å². The minimum atomic E-state index is 0.612. The van der Waals surface area contributed by atoms with E-state index in [1.807, 2.05) is 54.6 Å². The molecule has 67 heavy (non-hydrogen) atoms. The van der Waals surface area contributed by atoms with Crippen LogP contribution in [0.5, 0.6) is 0 Å². The van der Waals surface area contributed by atoms with Crippen LogP contribution in [0, 0.1) is 13.8 Å². The second-order valence-corrected chi connectivity index (χ2v) is 17.0. The van der Waals surface area contributed by atoms with E-state index in [1.165, 1.54) is 22.1 Å². The molecule has 0 atom stereocenters. The molecule has 0 spiro atoms. The summed E-state index contributed by atoms with van der Waals surface area (Å²) in [6.07, 6.45) is 2.87. The SMILES string of the molecule is Cc1ccc(-c2ccc(-c3cccc(-c4nc(-c5ccccc5)nc(-c5ccc6ccccc6c5)n4)c3)cc2-c2ccccc2C2=CCC(c3ccccc3)=NC(c3ccccc3)=N2)c(C)c1. The van der Waals surface area contributed by atoms with E-state index in [4.69, 9.17) is 24.9 Å². The molecule has 1 aliphatic rings. The molecule has 5 heteroatoms. The van der Waals surface area contributed by atoms with Crippen molar-refractivity contribution in [3.05, 3.63) is 252 Å². The number of aliphatic imine (C=N–C) groups is 2. The van der Waals surface area contributed by atoms with Gasteiger partial charge in [-0.1, -0.05) is 212 Å². The third-order valence-corrected chi connectivity index (χ3v) is 12.4. The van der Waals surface area contributed by atoms with Gasteiger partial charge in [-0.2, -0.15) is 0 Å². The van der Waals surface area contributed by atoms with Gasteiger partial charge >= 0.3 is 0 Å². The summed E-state index contributed by atoms with van der Waals surface area (Å²) in [5, 5.41) is 2.31. The maximum atomic E-state index is 5.38. The van der Waals surface area contributed by atoms with Crippen molar-refractivity contribution >= 4 is 28.0 Å². The fourth-order valence-corrected chi connectivity index (χ4v) is 9.01. The Kier molecular flexibility index (Phi) is 11.1. The lowest BCUT2D eigenvalue weighted by atomic mass is 9.86. The average Bonchev–Trinajstić information content (AvgIpc) is 3.63. The van der Waals surface area contributed by atoms with Crippen molar-refractivity contribution in [2.75, 3.05) is 0 Å². The van der Waals surface area contributed by atoms with E-state index in [0.29, 0.717) is 29.7 Å². The summed E-state index contributed by atoms with van der Waals surface area (Å²) in [6, 6.07) is 76.3. The monoisotopic (exact) mass is 859 g/mol. The lowest BCUT2D eigenvalue weighted by molar-refractivity contribution is 1.07. The van der Waals surface area contributed by atoms with Crippen molar-refractivity contribution in [1.82, 2.24) is 15.0 Å². The normalized spacial score (nSPS) is 12.5. The zero-order valence-electron chi connectivity index (χ0n) is 37.3. The molecule has 0 saturated heterocycles. The Morgan fingerprint density at radius 3 is 1.60 bits per heavy atom. The Morgan fingerprint density at radius 1 is 0.328 bits per heavy atom. The number of allylic oxidation sites excluding steroid dienone is 1. The molecule has 0 bridgehead atoms. The maximum absolute atomic E-state index is 5.38. The van der Waals surface area contributed by atoms with Crippen LogP contribution in [0.2, 0.25) is 0 Å². The molecule has 5 nitrogen and oxygen atoms in total. The Balaban J connectivity index is 1.05. The lowest BCUT2D eigenvalue weighted by Crippen LogP contribution is -2.04. The highest BCUT2D eigenvalue weighted by molar-refractivity contribution is 6.15. The van der Waals surface area contributed by atoms with Crippen LogP contribution < -0.4 is 0 Å². The summed E-state index contributed by atoms with van der Waals surface area (Å²) < 4.78 is 0. The lowest BCUT2D eigenvalue weighted by Gasteiger charge is -2.18. The molecule has 1 aliphatic heterocycles. The van der Waals surface area contributed by atoms with Crippen LogP contribution in [-0.4, -0.2) is 26.5 Å². The van der Waals surface area contributed by atoms with Gasteiger partial charge in [-0.05, 0) is 87.3 Å². The number of hydrogen-bond acceptors (Lipinski definition) is 5. The second-order valence-electron chi connectivity index (χ2n) is 17.0. The molecule has 10 aromatic rings. The maximum Gasteiger partial charge on any atom is 0.164 e. The van der Waals surface area contributed by atoms with E-state index in [-0.39, 0.29) is 0 Å². The van der Waals surface area contributed by atoms with Crippen molar-refractivity contribution in [3.8, 4) is 67.5 Å². The molecule has 2 heterocycles. The number of aromatic nitrogens is 3. The van der Waals surface area contributed by atoms with E-state index in [0.717, 1.165) is 78.0 Å². The summed E-state index contributed by atoms with van der Waals surface area (Å²) in [5.41, 5.74) is 16.8. The van der Waals surface area contributed by atoms with Crippen LogP contribution >= 0.6 is 0 Å². The summed E-state index contributed by atoms with van der Waals surface area (Å²) in [6.45, 7) is 4.35. The quantitative estimate of drug-likeness (QED) is 0.145. The number of aryl methyl sites for hydroxylation is 2. The molecular formula is C62H45N5. The molecule has 318 valence electrons. The first-order chi connectivity index (χ1) is 33.0. The molecule has 0 N–H and O–H groups in total. The molecule has 11 rings (SSSR count). The third-order valence-electron chi connectivity index (χ3n) is 12.4. The highest BCUT2D eigenvalue weighted by atomic mass is 15.0. The Morgan fingerprint density at radius 2 is 0.866 bits per heavy atom. The molecule has 1 aromatic heterocycles. The van der Waals surface area contributed by atoms with Gasteiger partial charge in [-0.15, -0.1) is 0 Å². The number of fused-ring (bicyclic) bond motifs is 1. The van der Waals surface area contributed by atoms with E-state index in [1.54, 1.807) is 0 Å². The van der Waals surface area contributed by atoms with Gasteiger partial charge in [-0.3, -0.25) is 0 Å². The minimum Gasteiger partial charge on any atom is -0.232 e. The fraction of sp³-hybridized carbons (Fsp3) is 0.0484. The van der Waals surface area contributed by atoms with E-state index < -0.39 is 0 Å². The highest BCUT2D eigenvalue weighted by Gasteiger charge is 2.20. The van der Waals surface area contributed by atoms with Crippen molar-refractivity contribution in [2.24, 2.45) is 9.98 Å². The van der Waals surface area contributed by atoms with Crippen molar-refractivity contribution in [1.29, 1.82) is 0 Å². The second kappa shape index (κ2) is 18.1. The Hall–Kier alpha value is -8.67. The van der Waals surface area contributed by atoms with Crippen molar-refractivity contribution < 1.29 is 0 Å². The van der Waals surface area contributed by atoms with E-state index in [2.05, 4.69) is 184 Å². The number of rotatable bonds is 9. The number of nitrogens with zero attached hydrogens (tertiary/aromatic N) is 5. The topological polar surface area (TPSA) is 63.4 Å². The summed E-state index contributed by atoms with van der Waals surface area (Å²) in [5.74, 6) is 2.56. The predicted molar refractivity (Wildman–Crippen MR) is 278 cm³/mol. The molecule has 9 aromatic carbocycles. The molecular weight excluding hydrogens is 815 g/mol. The van der Waals surface area contributed by atoms with Crippen LogP contribution in [0.3, 0.4) is 0 Å². The Labute approximate surface area is 391 Å². The summed E-state index contributed by atoms with van der Waals surface area (Å²) in [7, 11) is 0. The number of hydrogen-bond donors (Lipinski definition) is 0. The zero-order chi connectivity index (χ0) is 45.1. The van der Waals surface area contributed by atoms with Gasteiger partial charge < -0.3 is 0 Å². The first-order valence-electron chi connectivity index (χ1n) is 22.7. The average molecular weight is 860 g/mol. The first kappa shape index (κ1) is 41.1. The highest BCUT2D eigenvalue weighted by Crippen LogP contribution is 2.42. The number of benzene rings is 9. The van der Waals surface area contributed by atoms with Crippen LogP contribution in [0.25, 0.3) is 84.0 Å². The van der Waals surface area contributed by atoms with Gasteiger partial charge in [-0.25, -0.2) is 24.9 Å². The van der Waals surface area contributed by atoms with Crippen molar-refractivity contribution in [2.45, 2.75) is 20.3 Å². The van der Waals surface area contributed by atoms with Gasteiger partial charge in [0.2, 0.25) is 0 Å². The fourth-order valence-electron chi connectivity index (χ4n) is 9.01. The first-order valence-corrected chi connectivity index (χ1v) is 22.7. The third kappa shape index (κ3) is 8.54. The zero-order valence-corrected chi connectivity index (χ0v) is 37.3. The van der Waals surface area contributed by atoms with Crippen LogP contribution in [0.4, 0.5) is 0 Å². The molecule has 0 radical (unpaired) electrons. The molecule has 0 amide bonds. The van der Waals surface area contributed by atoms with Crippen LogP contribution in [0.15, 0.2) is 234 Å². The van der Waals surface area contributed by atoms with E-state index >= 15 is 0 Å². The molecule has 0 saturated carbocycles. The number of amidine groups is 1. The largest absolute Gasteiger partial charge is 0.232 e. The summed E-state index contributed by atoms with van der Waals surface area (Å²) >= 11 is 0. The van der Waals surface area contributed by atoms with Gasteiger partial charge in [0.25, 0.3) is 0 Å². The van der Waals surface area contributed by atoms with E-state index in [9.17, 15) is 0 Å².